The summed E-state index contributed by atoms with van der Waals surface area (Å²) in [5.41, 5.74) is 0.874. The number of aryl methyl sites for hydroxylation is 2. The Kier molecular flexibility index (Phi) is 4.83. The molecule has 0 unspecified atom stereocenters. The maximum Gasteiger partial charge on any atom is 0.235 e. The van der Waals surface area contributed by atoms with Crippen LogP contribution in [0.1, 0.15) is 5.69 Å². The largest absolute Gasteiger partial charge is 0.310 e. The number of rotatable bonds is 5. The predicted octanol–water partition coefficient (Wildman–Crippen LogP) is 2.03. The standard InChI is InChI=1S/C10H13N5OS3/c1-6-4-7(15(2)14-6)11-8(16)5-18-10-13-12-9(17-3)19-10/h4H,5H2,1-3H3,(H,11,16). The Hall–Kier alpha value is -1.06. The van der Waals surface area contributed by atoms with Crippen molar-refractivity contribution in [3.05, 3.63) is 11.8 Å². The van der Waals surface area contributed by atoms with Gasteiger partial charge in [0.2, 0.25) is 5.91 Å². The van der Waals surface area contributed by atoms with Crippen LogP contribution in [0, 0.1) is 6.92 Å². The molecule has 0 aliphatic rings. The van der Waals surface area contributed by atoms with Gasteiger partial charge in [-0.1, -0.05) is 34.9 Å². The van der Waals surface area contributed by atoms with Crippen LogP contribution < -0.4 is 5.32 Å². The van der Waals surface area contributed by atoms with Crippen molar-refractivity contribution < 1.29 is 4.79 Å². The van der Waals surface area contributed by atoms with E-state index in [4.69, 9.17) is 0 Å². The molecule has 6 nitrogen and oxygen atoms in total. The lowest BCUT2D eigenvalue weighted by Crippen LogP contribution is -2.16. The lowest BCUT2D eigenvalue weighted by molar-refractivity contribution is -0.113. The Morgan fingerprint density at radius 3 is 2.79 bits per heavy atom. The van der Waals surface area contributed by atoms with Gasteiger partial charge in [-0.15, -0.1) is 10.2 Å². The summed E-state index contributed by atoms with van der Waals surface area (Å²) in [6, 6.07) is 1.83. The van der Waals surface area contributed by atoms with E-state index in [9.17, 15) is 4.79 Å². The monoisotopic (exact) mass is 315 g/mol. The highest BCUT2D eigenvalue weighted by molar-refractivity contribution is 8.03. The van der Waals surface area contributed by atoms with Crippen molar-refractivity contribution in [2.75, 3.05) is 17.3 Å². The number of carbonyl (C=O) groups excluding carboxylic acids is 1. The molecule has 0 fully saturated rings. The third-order valence-electron chi connectivity index (χ3n) is 2.16. The maximum atomic E-state index is 11.8. The number of hydrogen-bond donors (Lipinski definition) is 1. The molecule has 0 aliphatic heterocycles. The Labute approximate surface area is 123 Å². The normalized spacial score (nSPS) is 10.7. The zero-order valence-corrected chi connectivity index (χ0v) is 13.2. The van der Waals surface area contributed by atoms with Crippen LogP contribution >= 0.6 is 34.9 Å². The maximum absolute atomic E-state index is 11.8. The fourth-order valence-electron chi connectivity index (χ4n) is 1.37. The van der Waals surface area contributed by atoms with Gasteiger partial charge >= 0.3 is 0 Å². The lowest BCUT2D eigenvalue weighted by Gasteiger charge is -2.03. The van der Waals surface area contributed by atoms with Crippen molar-refractivity contribution in [2.45, 2.75) is 15.6 Å². The minimum absolute atomic E-state index is 0.0751. The first-order valence-electron chi connectivity index (χ1n) is 5.39. The molecule has 0 atom stereocenters. The molecule has 2 aromatic rings. The summed E-state index contributed by atoms with van der Waals surface area (Å²) in [7, 11) is 1.80. The highest BCUT2D eigenvalue weighted by Gasteiger charge is 2.10. The van der Waals surface area contributed by atoms with Crippen LogP contribution in [0.25, 0.3) is 0 Å². The van der Waals surface area contributed by atoms with Gasteiger partial charge in [-0.25, -0.2) is 0 Å². The van der Waals surface area contributed by atoms with E-state index in [0.717, 1.165) is 14.4 Å². The molecule has 1 N–H and O–H groups in total. The van der Waals surface area contributed by atoms with Crippen LogP contribution in [0.4, 0.5) is 5.82 Å². The average molecular weight is 315 g/mol. The Morgan fingerprint density at radius 1 is 1.47 bits per heavy atom. The lowest BCUT2D eigenvalue weighted by atomic mass is 10.4. The van der Waals surface area contributed by atoms with Crippen LogP contribution in [-0.4, -0.2) is 37.9 Å². The summed E-state index contributed by atoms with van der Waals surface area (Å²) in [6.07, 6.45) is 1.95. The molecule has 9 heteroatoms. The molecule has 0 saturated carbocycles. The summed E-state index contributed by atoms with van der Waals surface area (Å²) in [4.78, 5) is 11.8. The molecule has 0 aliphatic carbocycles. The average Bonchev–Trinajstić information content (AvgIpc) is 2.94. The zero-order valence-electron chi connectivity index (χ0n) is 10.7. The number of aromatic nitrogens is 4. The van der Waals surface area contributed by atoms with Gasteiger partial charge in [-0.2, -0.15) is 5.10 Å². The Bertz CT molecular complexity index is 579. The van der Waals surface area contributed by atoms with E-state index >= 15 is 0 Å². The van der Waals surface area contributed by atoms with E-state index in [1.165, 1.54) is 23.1 Å². The van der Waals surface area contributed by atoms with Gasteiger partial charge in [0.05, 0.1) is 11.4 Å². The summed E-state index contributed by atoms with van der Waals surface area (Å²) < 4.78 is 3.36. The van der Waals surface area contributed by atoms with Crippen molar-refractivity contribution in [1.82, 2.24) is 20.0 Å². The van der Waals surface area contributed by atoms with Crippen molar-refractivity contribution in [3.8, 4) is 0 Å². The molecule has 0 saturated heterocycles. The SMILES string of the molecule is CSc1nnc(SCC(=O)Nc2cc(C)nn2C)s1. The minimum atomic E-state index is -0.0751. The fourth-order valence-corrected chi connectivity index (χ4v) is 3.61. The van der Waals surface area contributed by atoms with E-state index in [1.807, 2.05) is 19.2 Å². The molecule has 19 heavy (non-hydrogen) atoms. The molecular formula is C10H13N5OS3. The van der Waals surface area contributed by atoms with E-state index < -0.39 is 0 Å². The quantitative estimate of drug-likeness (QED) is 0.851. The molecule has 2 rings (SSSR count). The second kappa shape index (κ2) is 6.40. The second-order valence-electron chi connectivity index (χ2n) is 3.67. The Balaban J connectivity index is 1.86. The summed E-state index contributed by atoms with van der Waals surface area (Å²) in [6.45, 7) is 1.88. The van der Waals surface area contributed by atoms with Gasteiger partial charge in [-0.3, -0.25) is 9.48 Å². The van der Waals surface area contributed by atoms with Gasteiger partial charge < -0.3 is 5.32 Å². The summed E-state index contributed by atoms with van der Waals surface area (Å²) in [5.74, 6) is 0.937. The molecule has 0 bridgehead atoms. The third kappa shape index (κ3) is 3.95. The first-order valence-corrected chi connectivity index (χ1v) is 8.42. The zero-order chi connectivity index (χ0) is 13.8. The number of anilines is 1. The Morgan fingerprint density at radius 2 is 2.21 bits per heavy atom. The smallest absolute Gasteiger partial charge is 0.235 e. The van der Waals surface area contributed by atoms with E-state index in [1.54, 1.807) is 23.5 Å². The molecular weight excluding hydrogens is 302 g/mol. The van der Waals surface area contributed by atoms with Crippen molar-refractivity contribution >= 4 is 46.6 Å². The van der Waals surface area contributed by atoms with Gasteiger partial charge in [0.1, 0.15) is 5.82 Å². The predicted molar refractivity (Wildman–Crippen MR) is 79.0 cm³/mol. The van der Waals surface area contributed by atoms with Crippen LogP contribution in [0.3, 0.4) is 0 Å². The minimum Gasteiger partial charge on any atom is -0.310 e. The topological polar surface area (TPSA) is 72.7 Å². The number of amides is 1. The van der Waals surface area contributed by atoms with Crippen LogP contribution in [0.15, 0.2) is 14.7 Å². The van der Waals surface area contributed by atoms with Gasteiger partial charge in [0.15, 0.2) is 8.68 Å². The highest BCUT2D eigenvalue weighted by Crippen LogP contribution is 2.27. The van der Waals surface area contributed by atoms with E-state index in [0.29, 0.717) is 11.6 Å². The third-order valence-corrected chi connectivity index (χ3v) is 5.19. The number of carbonyl (C=O) groups is 1. The number of hydrogen-bond acceptors (Lipinski definition) is 7. The van der Waals surface area contributed by atoms with Gasteiger partial charge in [0, 0.05) is 13.1 Å². The number of nitrogens with zero attached hydrogens (tertiary/aromatic N) is 4. The summed E-state index contributed by atoms with van der Waals surface area (Å²) >= 11 is 4.43. The molecule has 0 aromatic carbocycles. The first kappa shape index (κ1) is 14.4. The molecule has 0 spiro atoms. The molecule has 0 radical (unpaired) electrons. The van der Waals surface area contributed by atoms with Gasteiger partial charge in [0.25, 0.3) is 0 Å². The van der Waals surface area contributed by atoms with E-state index in [-0.39, 0.29) is 5.91 Å². The fraction of sp³-hybridized carbons (Fsp3) is 0.400. The van der Waals surface area contributed by atoms with Crippen LogP contribution in [0.2, 0.25) is 0 Å². The van der Waals surface area contributed by atoms with Crippen molar-refractivity contribution in [3.63, 3.8) is 0 Å². The number of thioether (sulfide) groups is 2. The molecule has 102 valence electrons. The highest BCUT2D eigenvalue weighted by atomic mass is 32.2. The van der Waals surface area contributed by atoms with E-state index in [2.05, 4.69) is 20.6 Å². The second-order valence-corrected chi connectivity index (χ2v) is 6.92. The summed E-state index contributed by atoms with van der Waals surface area (Å²) in [5, 5.41) is 15.0. The number of nitrogens with one attached hydrogen (secondary N) is 1. The molecule has 1 amide bonds. The van der Waals surface area contributed by atoms with Crippen molar-refractivity contribution in [1.29, 1.82) is 0 Å². The van der Waals surface area contributed by atoms with Gasteiger partial charge in [-0.05, 0) is 13.2 Å². The molecule has 2 heterocycles. The van der Waals surface area contributed by atoms with Crippen LogP contribution in [0.5, 0.6) is 0 Å². The van der Waals surface area contributed by atoms with Crippen molar-refractivity contribution in [2.24, 2.45) is 7.05 Å². The first-order chi connectivity index (χ1) is 9.08. The molecule has 2 aromatic heterocycles. The van der Waals surface area contributed by atoms with Crippen LogP contribution in [-0.2, 0) is 11.8 Å².